The third kappa shape index (κ3) is 5.50. The van der Waals surface area contributed by atoms with Crippen molar-refractivity contribution in [2.45, 2.75) is 57.2 Å². The molecule has 55 heavy (non-hydrogen) atoms. The van der Waals surface area contributed by atoms with Crippen LogP contribution in [0.3, 0.4) is 0 Å². The number of hydrogen-bond donors (Lipinski definition) is 1. The highest BCUT2D eigenvalue weighted by Gasteiger charge is 2.49. The zero-order chi connectivity index (χ0) is 38.3. The van der Waals surface area contributed by atoms with Crippen molar-refractivity contribution in [2.75, 3.05) is 34.2 Å². The van der Waals surface area contributed by atoms with E-state index in [9.17, 15) is 14.4 Å². The van der Waals surface area contributed by atoms with Gasteiger partial charge in [0.15, 0.2) is 17.6 Å². The number of halogens is 2. The van der Waals surface area contributed by atoms with Crippen molar-refractivity contribution in [3.63, 3.8) is 0 Å². The van der Waals surface area contributed by atoms with Gasteiger partial charge < -0.3 is 19.5 Å². The van der Waals surface area contributed by atoms with Crippen LogP contribution in [0.4, 0.5) is 8.78 Å². The lowest BCUT2D eigenvalue weighted by molar-refractivity contribution is -0.491. The summed E-state index contributed by atoms with van der Waals surface area (Å²) in [5, 5.41) is 20.6. The summed E-state index contributed by atoms with van der Waals surface area (Å²) in [5.41, 5.74) is 5.38. The second-order valence-corrected chi connectivity index (χ2v) is 15.5. The molecule has 280 valence electrons. The molecule has 1 aliphatic carbocycles. The van der Waals surface area contributed by atoms with Gasteiger partial charge in [0, 0.05) is 69.5 Å². The van der Waals surface area contributed by atoms with Gasteiger partial charge in [0.25, 0.3) is 5.91 Å². The van der Waals surface area contributed by atoms with Gasteiger partial charge >= 0.3 is 0 Å². The van der Waals surface area contributed by atoms with Crippen molar-refractivity contribution < 1.29 is 22.9 Å². The normalized spacial score (nSPS) is 19.7. The van der Waals surface area contributed by atoms with Gasteiger partial charge in [-0.05, 0) is 71.8 Å². The number of nitrogens with zero attached hydrogens (tertiary/aromatic N) is 7. The Kier molecular flexibility index (Phi) is 8.46. The lowest BCUT2D eigenvalue weighted by Crippen LogP contribution is -2.39. The molecule has 2 saturated heterocycles. The number of aromatic nitrogens is 4. The molecule has 0 unspecified atom stereocenters. The second kappa shape index (κ2) is 13.3. The predicted molar refractivity (Wildman–Crippen MR) is 209 cm³/mol. The van der Waals surface area contributed by atoms with E-state index in [0.717, 1.165) is 54.7 Å². The summed E-state index contributed by atoms with van der Waals surface area (Å²) in [7, 11) is 7.27. The topological polar surface area (TPSA) is 104 Å². The van der Waals surface area contributed by atoms with Gasteiger partial charge in [-0.25, -0.2) is 18.3 Å². The van der Waals surface area contributed by atoms with Crippen LogP contribution in [0.25, 0.3) is 55.0 Å². The van der Waals surface area contributed by atoms with E-state index in [-0.39, 0.29) is 42.5 Å². The third-order valence-electron chi connectivity index (χ3n) is 12.1. The molecule has 10 nitrogen and oxygen atoms in total. The Labute approximate surface area is 317 Å². The standard InChI is InChI=1S/C43H43F2N8O2/c1-23(34-12-8-16-51(34)4)55-42-31-20-35(32-22-48-52(5)41(32)43(54)50(2)3)53(39-26-18-33(39)47-21-26)40(31)30-17-25(10-7-15-46)36(37(45)38(30)49-42)28-11-6-9-24-13-14-27(44)19-29(24)28/h6,9,11,13-14,17,19-20,22-23,26,33,39,47H,7-8,10,12,16,18,21H2,1-5H3/q+1/t23-,26+,33+,39-/m0/s1. The number of fused-ring (bicyclic) bond motifs is 5. The highest BCUT2D eigenvalue weighted by molar-refractivity contribution is 6.12. The summed E-state index contributed by atoms with van der Waals surface area (Å²) in [5.74, 6) is -0.538. The van der Waals surface area contributed by atoms with E-state index in [1.54, 1.807) is 49.1 Å². The molecule has 6 aromatic rings. The quantitative estimate of drug-likeness (QED) is 0.160. The fourth-order valence-electron chi connectivity index (χ4n) is 9.37. The fraction of sp³-hybridized carbons (Fsp3) is 0.372. The van der Waals surface area contributed by atoms with E-state index in [4.69, 9.17) is 9.72 Å². The van der Waals surface area contributed by atoms with E-state index in [1.807, 2.05) is 31.2 Å². The van der Waals surface area contributed by atoms with Gasteiger partial charge in [-0.3, -0.25) is 9.48 Å². The van der Waals surface area contributed by atoms with Crippen LogP contribution < -0.4 is 10.1 Å². The summed E-state index contributed by atoms with van der Waals surface area (Å²) in [4.78, 5) is 20.3. The first-order chi connectivity index (χ1) is 26.5. The van der Waals surface area contributed by atoms with Crippen LogP contribution in [-0.4, -0.2) is 86.8 Å². The average molecular weight is 742 g/mol. The van der Waals surface area contributed by atoms with Crippen LogP contribution >= 0.6 is 0 Å². The number of aryl methyl sites for hydroxylation is 2. The summed E-state index contributed by atoms with van der Waals surface area (Å²) < 4.78 is 45.6. The average Bonchev–Trinajstić information content (AvgIpc) is 4.01. The zero-order valence-corrected chi connectivity index (χ0v) is 31.7. The third-order valence-corrected chi connectivity index (χ3v) is 12.1. The number of hydrogen-bond acceptors (Lipinski definition) is 6. The Morgan fingerprint density at radius 2 is 1.98 bits per heavy atom. The molecule has 3 aromatic heterocycles. The van der Waals surface area contributed by atoms with Gasteiger partial charge in [-0.15, -0.1) is 0 Å². The molecular formula is C43H43F2N8O2+. The molecule has 10 rings (SSSR count). The Balaban J connectivity index is 1.40. The predicted octanol–water partition coefficient (Wildman–Crippen LogP) is 7.02. The van der Waals surface area contributed by atoms with Gasteiger partial charge in [0.05, 0.1) is 34.9 Å². The van der Waals surface area contributed by atoms with Crippen molar-refractivity contribution in [1.29, 1.82) is 5.26 Å². The molecule has 0 spiro atoms. The molecule has 3 fully saturated rings. The number of carbonyl (C=O) groups excluding carboxylic acids is 1. The first kappa shape index (κ1) is 35.1. The molecule has 1 N–H and O–H groups in total. The SMILES string of the molecule is C[C@H](Oc1nc2c(F)c(-c3cccc4ccc(F)cc34)c(CCC#N)cc2c2c1cc(-c1cnn(C)c1C(=O)N(C)C)n2[C@H]1[C@H]2CN[C@@H]1C2)C1=[N+](C)CCC1. The number of benzene rings is 3. The molecule has 3 aromatic carbocycles. The molecule has 3 aliphatic heterocycles. The summed E-state index contributed by atoms with van der Waals surface area (Å²) in [6, 6.07) is 16.5. The van der Waals surface area contributed by atoms with Gasteiger partial charge in [0.2, 0.25) is 5.88 Å². The maximum atomic E-state index is 17.9. The highest BCUT2D eigenvalue weighted by atomic mass is 19.1. The largest absolute Gasteiger partial charge is 0.463 e. The van der Waals surface area contributed by atoms with Gasteiger partial charge in [0.1, 0.15) is 30.6 Å². The Morgan fingerprint density at radius 1 is 1.15 bits per heavy atom. The molecule has 6 heterocycles. The highest BCUT2D eigenvalue weighted by Crippen LogP contribution is 2.51. The van der Waals surface area contributed by atoms with E-state index in [1.165, 1.54) is 12.1 Å². The number of ether oxygens (including phenoxy) is 1. The zero-order valence-electron chi connectivity index (χ0n) is 31.7. The molecule has 1 saturated carbocycles. The minimum absolute atomic E-state index is 0.0209. The van der Waals surface area contributed by atoms with Gasteiger partial charge in [-0.1, -0.05) is 24.3 Å². The lowest BCUT2D eigenvalue weighted by Gasteiger charge is -2.38. The smallest absolute Gasteiger partial charge is 0.272 e. The maximum absolute atomic E-state index is 17.9. The molecule has 1 amide bonds. The first-order valence-electron chi connectivity index (χ1n) is 19.0. The van der Waals surface area contributed by atoms with E-state index >= 15 is 4.39 Å². The Morgan fingerprint density at radius 3 is 2.69 bits per heavy atom. The van der Waals surface area contributed by atoms with Crippen molar-refractivity contribution >= 4 is 44.2 Å². The second-order valence-electron chi connectivity index (χ2n) is 15.5. The number of pyridine rings is 1. The fourth-order valence-corrected chi connectivity index (χ4v) is 9.37. The summed E-state index contributed by atoms with van der Waals surface area (Å²) >= 11 is 0. The number of amides is 1. The molecule has 12 heteroatoms. The van der Waals surface area contributed by atoms with Crippen LogP contribution in [0, 0.1) is 28.9 Å². The van der Waals surface area contributed by atoms with E-state index < -0.39 is 11.6 Å². The summed E-state index contributed by atoms with van der Waals surface area (Å²) in [6.45, 7) is 3.79. The van der Waals surface area contributed by atoms with Crippen molar-refractivity contribution in [2.24, 2.45) is 13.0 Å². The summed E-state index contributed by atoms with van der Waals surface area (Å²) in [6.07, 6.45) is 4.76. The van der Waals surface area contributed by atoms with Crippen LogP contribution in [-0.2, 0) is 13.5 Å². The van der Waals surface area contributed by atoms with Crippen LogP contribution in [0.15, 0.2) is 54.7 Å². The maximum Gasteiger partial charge on any atom is 0.272 e. The van der Waals surface area contributed by atoms with Crippen molar-refractivity contribution in [3.8, 4) is 34.3 Å². The molecule has 4 aliphatic rings. The van der Waals surface area contributed by atoms with Gasteiger partial charge in [-0.2, -0.15) is 10.4 Å². The lowest BCUT2D eigenvalue weighted by atomic mass is 9.79. The van der Waals surface area contributed by atoms with Crippen LogP contribution in [0.5, 0.6) is 5.88 Å². The molecular weight excluding hydrogens is 699 g/mol. The Bertz CT molecular complexity index is 2640. The Hall–Kier alpha value is -5.67. The number of nitriles is 1. The van der Waals surface area contributed by atoms with Crippen molar-refractivity contribution in [1.82, 2.24) is 29.5 Å². The van der Waals surface area contributed by atoms with E-state index in [0.29, 0.717) is 55.9 Å². The number of carbonyl (C=O) groups is 1. The van der Waals surface area contributed by atoms with E-state index in [2.05, 4.69) is 32.7 Å². The first-order valence-corrected chi connectivity index (χ1v) is 19.0. The number of nitrogens with one attached hydrogen (secondary N) is 1. The van der Waals surface area contributed by atoms with Crippen LogP contribution in [0.2, 0.25) is 0 Å². The molecule has 4 atom stereocenters. The van der Waals surface area contributed by atoms with Crippen LogP contribution in [0.1, 0.15) is 54.7 Å². The monoisotopic (exact) mass is 741 g/mol. The molecule has 2 bridgehead atoms. The minimum atomic E-state index is -0.555. The number of rotatable bonds is 9. The molecule has 0 radical (unpaired) electrons. The minimum Gasteiger partial charge on any atom is -0.463 e. The van der Waals surface area contributed by atoms with Crippen molar-refractivity contribution in [3.05, 3.63) is 77.6 Å².